The quantitative estimate of drug-likeness (QED) is 0.836. The number of aryl methyl sites for hydroxylation is 1. The molecular weight excluding hydrogens is 314 g/mol. The summed E-state index contributed by atoms with van der Waals surface area (Å²) in [6.45, 7) is 6.21. The van der Waals surface area contributed by atoms with E-state index in [1.807, 2.05) is 51.1 Å². The molecule has 0 fully saturated rings. The summed E-state index contributed by atoms with van der Waals surface area (Å²) in [6, 6.07) is 9.55. The van der Waals surface area contributed by atoms with Crippen LogP contribution in [0.25, 0.3) is 0 Å². The van der Waals surface area contributed by atoms with E-state index >= 15 is 0 Å². The second kappa shape index (κ2) is 7.23. The van der Waals surface area contributed by atoms with E-state index in [9.17, 15) is 8.42 Å². The Morgan fingerprint density at radius 1 is 1.13 bits per heavy atom. The van der Waals surface area contributed by atoms with E-state index in [0.717, 1.165) is 5.56 Å². The van der Waals surface area contributed by atoms with Crippen LogP contribution in [0.4, 0.5) is 0 Å². The maximum atomic E-state index is 12.0. The predicted octanol–water partition coefficient (Wildman–Crippen LogP) is 2.07. The molecule has 1 heterocycles. The van der Waals surface area contributed by atoms with E-state index in [4.69, 9.17) is 4.52 Å². The number of nitrogens with zero attached hydrogens (tertiary/aromatic N) is 2. The van der Waals surface area contributed by atoms with Crippen LogP contribution < -0.4 is 4.72 Å². The number of rotatable bonds is 7. The minimum Gasteiger partial charge on any atom is -0.339 e. The molecule has 7 heteroatoms. The lowest BCUT2D eigenvalue weighted by Gasteiger charge is -2.10. The van der Waals surface area contributed by atoms with Gasteiger partial charge < -0.3 is 4.52 Å². The van der Waals surface area contributed by atoms with Gasteiger partial charge in [-0.05, 0) is 12.0 Å². The first-order valence-electron chi connectivity index (χ1n) is 7.60. The predicted molar refractivity (Wildman–Crippen MR) is 88.6 cm³/mol. The molecule has 2 rings (SSSR count). The van der Waals surface area contributed by atoms with Crippen molar-refractivity contribution in [1.29, 1.82) is 0 Å². The van der Waals surface area contributed by atoms with Gasteiger partial charge >= 0.3 is 0 Å². The fourth-order valence-corrected chi connectivity index (χ4v) is 3.01. The Kier molecular flexibility index (Phi) is 5.54. The molecule has 0 aliphatic heterocycles. The van der Waals surface area contributed by atoms with Gasteiger partial charge in [0.15, 0.2) is 5.82 Å². The zero-order chi connectivity index (χ0) is 16.9. The third-order valence-corrected chi connectivity index (χ3v) is 4.67. The van der Waals surface area contributed by atoms with E-state index in [0.29, 0.717) is 24.6 Å². The third kappa shape index (κ3) is 5.76. The molecule has 0 radical (unpaired) electrons. The van der Waals surface area contributed by atoms with Crippen molar-refractivity contribution in [3.63, 3.8) is 0 Å². The Balaban J connectivity index is 1.79. The minimum atomic E-state index is -3.31. The van der Waals surface area contributed by atoms with E-state index < -0.39 is 10.0 Å². The molecular formula is C16H23N3O3S. The summed E-state index contributed by atoms with van der Waals surface area (Å²) in [7, 11) is -3.31. The van der Waals surface area contributed by atoms with Crippen molar-refractivity contribution < 1.29 is 12.9 Å². The van der Waals surface area contributed by atoms with Crippen LogP contribution in [0, 0.1) is 0 Å². The molecule has 0 saturated carbocycles. The molecule has 0 aliphatic rings. The Morgan fingerprint density at radius 2 is 1.83 bits per heavy atom. The lowest BCUT2D eigenvalue weighted by molar-refractivity contribution is 0.318. The highest BCUT2D eigenvalue weighted by atomic mass is 32.2. The summed E-state index contributed by atoms with van der Waals surface area (Å²) in [4.78, 5) is 4.28. The van der Waals surface area contributed by atoms with Gasteiger partial charge in [-0.15, -0.1) is 0 Å². The van der Waals surface area contributed by atoms with Gasteiger partial charge in [0, 0.05) is 18.4 Å². The number of benzene rings is 1. The second-order valence-electron chi connectivity index (χ2n) is 6.46. The van der Waals surface area contributed by atoms with Crippen LogP contribution in [0.5, 0.6) is 0 Å². The number of sulfonamides is 1. The molecule has 0 aliphatic carbocycles. The summed E-state index contributed by atoms with van der Waals surface area (Å²) in [5.41, 5.74) is 0.798. The molecule has 0 amide bonds. The van der Waals surface area contributed by atoms with Gasteiger partial charge in [0.05, 0.1) is 5.75 Å². The van der Waals surface area contributed by atoms with Crippen LogP contribution in [0.1, 0.15) is 38.0 Å². The first-order valence-corrected chi connectivity index (χ1v) is 9.26. The van der Waals surface area contributed by atoms with Crippen molar-refractivity contribution in [2.24, 2.45) is 0 Å². The number of hydrogen-bond acceptors (Lipinski definition) is 5. The Bertz CT molecular complexity index is 719. The lowest BCUT2D eigenvalue weighted by atomic mass is 9.97. The highest BCUT2D eigenvalue weighted by molar-refractivity contribution is 7.89. The van der Waals surface area contributed by atoms with Crippen LogP contribution in [0.15, 0.2) is 34.9 Å². The van der Waals surface area contributed by atoms with E-state index in [1.165, 1.54) is 0 Å². The fraction of sp³-hybridized carbons (Fsp3) is 0.500. The van der Waals surface area contributed by atoms with E-state index in [-0.39, 0.29) is 17.7 Å². The zero-order valence-electron chi connectivity index (χ0n) is 13.7. The van der Waals surface area contributed by atoms with Gasteiger partial charge in [-0.2, -0.15) is 4.98 Å². The average molecular weight is 337 g/mol. The van der Waals surface area contributed by atoms with Crippen LogP contribution in [-0.4, -0.2) is 30.9 Å². The molecule has 23 heavy (non-hydrogen) atoms. The average Bonchev–Trinajstić information content (AvgIpc) is 2.95. The monoisotopic (exact) mass is 337 g/mol. The second-order valence-corrected chi connectivity index (χ2v) is 8.39. The van der Waals surface area contributed by atoms with Crippen LogP contribution in [0.3, 0.4) is 0 Å². The van der Waals surface area contributed by atoms with Gasteiger partial charge in [-0.1, -0.05) is 56.3 Å². The summed E-state index contributed by atoms with van der Waals surface area (Å²) >= 11 is 0. The number of hydrogen-bond donors (Lipinski definition) is 1. The molecule has 6 nitrogen and oxygen atoms in total. The molecule has 2 aromatic rings. The largest absolute Gasteiger partial charge is 0.339 e. The lowest BCUT2D eigenvalue weighted by Crippen LogP contribution is -2.29. The molecule has 1 aromatic heterocycles. The highest BCUT2D eigenvalue weighted by Crippen LogP contribution is 2.19. The number of nitrogens with one attached hydrogen (secondary N) is 1. The van der Waals surface area contributed by atoms with Gasteiger partial charge in [-0.25, -0.2) is 13.1 Å². The van der Waals surface area contributed by atoms with E-state index in [1.54, 1.807) is 0 Å². The number of aromatic nitrogens is 2. The maximum Gasteiger partial charge on any atom is 0.232 e. The summed E-state index contributed by atoms with van der Waals surface area (Å²) in [5, 5.41) is 3.87. The topological polar surface area (TPSA) is 85.1 Å². The molecule has 1 aromatic carbocycles. The van der Waals surface area contributed by atoms with Gasteiger partial charge in [0.1, 0.15) is 0 Å². The Morgan fingerprint density at radius 3 is 2.43 bits per heavy atom. The molecule has 0 bridgehead atoms. The van der Waals surface area contributed by atoms with Gasteiger partial charge in [-0.3, -0.25) is 0 Å². The highest BCUT2D eigenvalue weighted by Gasteiger charge is 2.21. The minimum absolute atomic E-state index is 0.0660. The first kappa shape index (κ1) is 17.6. The summed E-state index contributed by atoms with van der Waals surface area (Å²) in [5.74, 6) is 1.14. The summed E-state index contributed by atoms with van der Waals surface area (Å²) in [6.07, 6.45) is 0.900. The molecule has 0 unspecified atom stereocenters. The SMILES string of the molecule is CC(C)(C)c1nc(CCNS(=O)(=O)CCc2ccccc2)no1. The maximum absolute atomic E-state index is 12.0. The molecule has 0 atom stereocenters. The molecule has 126 valence electrons. The first-order chi connectivity index (χ1) is 10.8. The van der Waals surface area contributed by atoms with Crippen LogP contribution in [0.2, 0.25) is 0 Å². The van der Waals surface area contributed by atoms with Crippen molar-refractivity contribution >= 4 is 10.0 Å². The van der Waals surface area contributed by atoms with E-state index in [2.05, 4.69) is 14.9 Å². The van der Waals surface area contributed by atoms with Crippen molar-refractivity contribution in [1.82, 2.24) is 14.9 Å². The van der Waals surface area contributed by atoms with Gasteiger partial charge in [0.25, 0.3) is 0 Å². The zero-order valence-corrected chi connectivity index (χ0v) is 14.6. The van der Waals surface area contributed by atoms with Gasteiger partial charge in [0.2, 0.25) is 15.9 Å². The smallest absolute Gasteiger partial charge is 0.232 e. The summed E-state index contributed by atoms with van der Waals surface area (Å²) < 4.78 is 31.7. The third-order valence-electron chi connectivity index (χ3n) is 3.28. The normalized spacial score (nSPS) is 12.5. The molecule has 1 N–H and O–H groups in total. The van der Waals surface area contributed by atoms with Crippen molar-refractivity contribution in [3.05, 3.63) is 47.6 Å². The Hall–Kier alpha value is -1.73. The van der Waals surface area contributed by atoms with Crippen molar-refractivity contribution in [3.8, 4) is 0 Å². The van der Waals surface area contributed by atoms with Crippen molar-refractivity contribution in [2.75, 3.05) is 12.3 Å². The standard InChI is InChI=1S/C16H23N3O3S/c1-16(2,3)15-18-14(19-22-15)9-11-17-23(20,21)12-10-13-7-5-4-6-8-13/h4-8,17H,9-12H2,1-3H3. The molecule has 0 spiro atoms. The van der Waals surface area contributed by atoms with Crippen LogP contribution >= 0.6 is 0 Å². The Labute approximate surface area is 137 Å². The molecule has 0 saturated heterocycles. The van der Waals surface area contributed by atoms with Crippen molar-refractivity contribution in [2.45, 2.75) is 39.0 Å². The van der Waals surface area contributed by atoms with Crippen LogP contribution in [-0.2, 0) is 28.3 Å². The fourth-order valence-electron chi connectivity index (χ4n) is 1.95.